The molecule has 0 aliphatic heterocycles. The van der Waals surface area contributed by atoms with Crippen LogP contribution in [0.4, 0.5) is 4.39 Å². The van der Waals surface area contributed by atoms with Crippen LogP contribution in [0.15, 0.2) is 47.6 Å². The average molecular weight is 368 g/mol. The van der Waals surface area contributed by atoms with Crippen LogP contribution in [-0.2, 0) is 5.75 Å². The van der Waals surface area contributed by atoms with Crippen molar-refractivity contribution >= 4 is 35.0 Å². The van der Waals surface area contributed by atoms with Crippen molar-refractivity contribution in [1.29, 1.82) is 0 Å². The van der Waals surface area contributed by atoms with E-state index in [1.54, 1.807) is 24.3 Å². The lowest BCUT2D eigenvalue weighted by atomic mass is 10.2. The Morgan fingerprint density at radius 2 is 1.83 bits per heavy atom. The zero-order chi connectivity index (χ0) is 16.4. The number of halogens is 3. The maximum absolute atomic E-state index is 13.1. The fourth-order valence-electron chi connectivity index (χ4n) is 2.10. The highest BCUT2D eigenvalue weighted by atomic mass is 35.5. The maximum Gasteiger partial charge on any atom is 0.196 e. The van der Waals surface area contributed by atoms with E-state index >= 15 is 0 Å². The van der Waals surface area contributed by atoms with E-state index < -0.39 is 0 Å². The van der Waals surface area contributed by atoms with E-state index in [2.05, 4.69) is 10.2 Å². The van der Waals surface area contributed by atoms with Crippen molar-refractivity contribution < 1.29 is 4.39 Å². The van der Waals surface area contributed by atoms with E-state index in [4.69, 9.17) is 23.2 Å². The number of aryl methyl sites for hydroxylation is 1. The zero-order valence-corrected chi connectivity index (χ0v) is 14.5. The second-order valence-corrected chi connectivity index (χ2v) is 6.65. The number of nitrogens with zero attached hydrogens (tertiary/aromatic N) is 3. The monoisotopic (exact) mass is 367 g/mol. The van der Waals surface area contributed by atoms with Gasteiger partial charge >= 0.3 is 0 Å². The van der Waals surface area contributed by atoms with Crippen LogP contribution in [0.3, 0.4) is 0 Å². The first kappa shape index (κ1) is 16.3. The molecule has 3 aromatic rings. The molecule has 1 heterocycles. The molecule has 0 fully saturated rings. The molecule has 0 saturated carbocycles. The van der Waals surface area contributed by atoms with E-state index in [0.29, 0.717) is 15.8 Å². The summed E-state index contributed by atoms with van der Waals surface area (Å²) in [4.78, 5) is 0. The average Bonchev–Trinajstić information content (AvgIpc) is 2.88. The third-order valence-electron chi connectivity index (χ3n) is 3.25. The number of thioether (sulfide) groups is 1. The smallest absolute Gasteiger partial charge is 0.196 e. The summed E-state index contributed by atoms with van der Waals surface area (Å²) in [5.74, 6) is 1.10. The minimum absolute atomic E-state index is 0.276. The third kappa shape index (κ3) is 3.68. The number of hydrogen-bond donors (Lipinski definition) is 0. The van der Waals surface area contributed by atoms with Gasteiger partial charge in [0.25, 0.3) is 0 Å². The molecule has 0 atom stereocenters. The van der Waals surface area contributed by atoms with Crippen molar-refractivity contribution in [2.24, 2.45) is 0 Å². The largest absolute Gasteiger partial charge is 0.274 e. The summed E-state index contributed by atoms with van der Waals surface area (Å²) in [6.45, 7) is 1.86. The molecule has 0 spiro atoms. The third-order valence-corrected chi connectivity index (χ3v) is 4.82. The Kier molecular flexibility index (Phi) is 4.90. The molecule has 3 nitrogen and oxygen atoms in total. The fourth-order valence-corrected chi connectivity index (χ4v) is 3.66. The summed E-state index contributed by atoms with van der Waals surface area (Å²) >= 11 is 13.6. The quantitative estimate of drug-likeness (QED) is 0.585. The van der Waals surface area contributed by atoms with Gasteiger partial charge in [-0.3, -0.25) is 4.57 Å². The summed E-state index contributed by atoms with van der Waals surface area (Å²) < 4.78 is 15.0. The van der Waals surface area contributed by atoms with Gasteiger partial charge in [0.1, 0.15) is 11.6 Å². The van der Waals surface area contributed by atoms with Gasteiger partial charge < -0.3 is 0 Å². The first-order valence-corrected chi connectivity index (χ1v) is 8.53. The Labute approximate surface area is 147 Å². The first-order valence-electron chi connectivity index (χ1n) is 6.79. The summed E-state index contributed by atoms with van der Waals surface area (Å²) in [6.07, 6.45) is 0. The SMILES string of the molecule is Cc1nnc(SCc2ccc(Cl)cc2Cl)n1-c1ccc(F)cc1. The highest BCUT2D eigenvalue weighted by Gasteiger charge is 2.12. The van der Waals surface area contributed by atoms with Gasteiger partial charge in [-0.1, -0.05) is 41.0 Å². The van der Waals surface area contributed by atoms with Crippen LogP contribution in [0.5, 0.6) is 0 Å². The van der Waals surface area contributed by atoms with E-state index in [1.807, 2.05) is 17.6 Å². The van der Waals surface area contributed by atoms with Gasteiger partial charge in [0, 0.05) is 21.5 Å². The fraction of sp³-hybridized carbons (Fsp3) is 0.125. The molecule has 1 aromatic heterocycles. The molecule has 0 radical (unpaired) electrons. The van der Waals surface area contributed by atoms with Crippen LogP contribution in [0.1, 0.15) is 11.4 Å². The topological polar surface area (TPSA) is 30.7 Å². The normalized spacial score (nSPS) is 11.0. The molecule has 0 amide bonds. The number of hydrogen-bond acceptors (Lipinski definition) is 3. The van der Waals surface area contributed by atoms with Crippen molar-refractivity contribution in [2.75, 3.05) is 0 Å². The van der Waals surface area contributed by atoms with Crippen molar-refractivity contribution in [3.05, 3.63) is 69.7 Å². The minimum Gasteiger partial charge on any atom is -0.274 e. The molecule has 7 heteroatoms. The predicted octanol–water partition coefficient (Wildman–Crippen LogP) is 5.31. The molecule has 0 bridgehead atoms. The molecular weight excluding hydrogens is 356 g/mol. The molecule has 3 rings (SSSR count). The van der Waals surface area contributed by atoms with Crippen LogP contribution >= 0.6 is 35.0 Å². The molecular formula is C16H12Cl2FN3S. The van der Waals surface area contributed by atoms with Crippen molar-refractivity contribution in [3.8, 4) is 5.69 Å². The second kappa shape index (κ2) is 6.91. The predicted molar refractivity (Wildman–Crippen MR) is 92.1 cm³/mol. The minimum atomic E-state index is -0.276. The molecule has 118 valence electrons. The highest BCUT2D eigenvalue weighted by Crippen LogP contribution is 2.29. The van der Waals surface area contributed by atoms with Gasteiger partial charge in [-0.2, -0.15) is 0 Å². The van der Waals surface area contributed by atoms with Gasteiger partial charge in [0.15, 0.2) is 5.16 Å². The van der Waals surface area contributed by atoms with Gasteiger partial charge in [-0.15, -0.1) is 10.2 Å². The van der Waals surface area contributed by atoms with Crippen LogP contribution in [0, 0.1) is 12.7 Å². The Bertz CT molecular complexity index is 834. The Balaban J connectivity index is 1.85. The first-order chi connectivity index (χ1) is 11.0. The van der Waals surface area contributed by atoms with Crippen LogP contribution in [-0.4, -0.2) is 14.8 Å². The van der Waals surface area contributed by atoms with Crippen LogP contribution in [0.25, 0.3) is 5.69 Å². The van der Waals surface area contributed by atoms with Crippen LogP contribution < -0.4 is 0 Å². The van der Waals surface area contributed by atoms with E-state index in [9.17, 15) is 4.39 Å². The van der Waals surface area contributed by atoms with Crippen molar-refractivity contribution in [1.82, 2.24) is 14.8 Å². The zero-order valence-electron chi connectivity index (χ0n) is 12.1. The number of rotatable bonds is 4. The summed E-state index contributed by atoms with van der Waals surface area (Å²) in [7, 11) is 0. The second-order valence-electron chi connectivity index (χ2n) is 4.87. The molecule has 0 unspecified atom stereocenters. The van der Waals surface area contributed by atoms with Crippen LogP contribution in [0.2, 0.25) is 10.0 Å². The summed E-state index contributed by atoms with van der Waals surface area (Å²) in [6, 6.07) is 11.6. The highest BCUT2D eigenvalue weighted by molar-refractivity contribution is 7.98. The molecule has 23 heavy (non-hydrogen) atoms. The van der Waals surface area contributed by atoms with E-state index in [0.717, 1.165) is 22.2 Å². The lowest BCUT2D eigenvalue weighted by Gasteiger charge is -2.09. The van der Waals surface area contributed by atoms with Gasteiger partial charge in [0.2, 0.25) is 0 Å². The Hall–Kier alpha value is -1.56. The molecule has 0 N–H and O–H groups in total. The molecule has 0 aliphatic carbocycles. The van der Waals surface area contributed by atoms with Gasteiger partial charge in [-0.05, 0) is 48.9 Å². The number of aromatic nitrogens is 3. The molecule has 2 aromatic carbocycles. The molecule has 0 saturated heterocycles. The number of benzene rings is 2. The van der Waals surface area contributed by atoms with Crippen molar-refractivity contribution in [3.63, 3.8) is 0 Å². The maximum atomic E-state index is 13.1. The lowest BCUT2D eigenvalue weighted by molar-refractivity contribution is 0.627. The molecule has 0 aliphatic rings. The Morgan fingerprint density at radius 1 is 1.09 bits per heavy atom. The van der Waals surface area contributed by atoms with Crippen molar-refractivity contribution in [2.45, 2.75) is 17.8 Å². The van der Waals surface area contributed by atoms with E-state index in [-0.39, 0.29) is 5.82 Å². The van der Waals surface area contributed by atoms with E-state index in [1.165, 1.54) is 23.9 Å². The summed E-state index contributed by atoms with van der Waals surface area (Å²) in [5.41, 5.74) is 1.78. The standard InChI is InChI=1S/C16H12Cl2FN3S/c1-10-20-21-16(22(10)14-6-4-13(19)5-7-14)23-9-11-2-3-12(17)8-15(11)18/h2-8H,9H2,1H3. The summed E-state index contributed by atoms with van der Waals surface area (Å²) in [5, 5.41) is 10.2. The Morgan fingerprint density at radius 3 is 2.52 bits per heavy atom. The van der Waals surface area contributed by atoms with Gasteiger partial charge in [0.05, 0.1) is 0 Å². The van der Waals surface area contributed by atoms with Gasteiger partial charge in [-0.25, -0.2) is 4.39 Å². The lowest BCUT2D eigenvalue weighted by Crippen LogP contribution is -1.99.